The van der Waals surface area contributed by atoms with E-state index < -0.39 is 0 Å². The number of benzene rings is 6. The van der Waals surface area contributed by atoms with E-state index in [9.17, 15) is 0 Å². The van der Waals surface area contributed by atoms with Gasteiger partial charge in [-0.25, -0.2) is 19.9 Å². The summed E-state index contributed by atoms with van der Waals surface area (Å²) in [6.07, 6.45) is 21.4. The number of nitrogens with zero attached hydrogens (tertiary/aromatic N) is 4. The number of hydrogen-bond donors (Lipinski definition) is 4. The van der Waals surface area contributed by atoms with Gasteiger partial charge in [0.2, 0.25) is 0 Å². The van der Waals surface area contributed by atoms with E-state index >= 15 is 0 Å². The quantitative estimate of drug-likeness (QED) is 0.115. The number of rotatable bonds is 9. The van der Waals surface area contributed by atoms with Crippen molar-refractivity contribution in [3.63, 3.8) is 0 Å². The summed E-state index contributed by atoms with van der Waals surface area (Å²) >= 11 is 0. The standard InChI is InChI=1S/C82H60N8/c1-7-19-52(20-8-1)76-62-35-33-60(83-62)59(61-34-36-63(84-61)77(53-21-9-2-10-22-53)65-38-40-67(86-65)78(54-23-11-3-12-24-54)66-39-37-64(76)85-66)50-51-31-32-58(49-51)82-74-47-45-72(89-74)80(56-27-15-5-16-28-56)70-43-41-68(87-70)79(55-25-13-4-14-26-55)69-42-44-71(88-69)81(57-29-17-6-18-30-57)73-46-48-75(82)90-73/h1-30,33-48,51,58,83,86-87,90H,31-32,49-50H2. The highest BCUT2D eigenvalue weighted by Crippen LogP contribution is 2.46. The molecule has 0 spiro atoms. The second-order valence-corrected chi connectivity index (χ2v) is 23.9. The van der Waals surface area contributed by atoms with Gasteiger partial charge in [-0.1, -0.05) is 182 Å². The second-order valence-electron chi connectivity index (χ2n) is 23.9. The van der Waals surface area contributed by atoms with E-state index in [4.69, 9.17) is 19.9 Å². The van der Waals surface area contributed by atoms with Crippen molar-refractivity contribution in [3.8, 4) is 66.8 Å². The minimum absolute atomic E-state index is 0.190. The molecule has 428 valence electrons. The zero-order valence-corrected chi connectivity index (χ0v) is 49.3. The zero-order chi connectivity index (χ0) is 59.5. The van der Waals surface area contributed by atoms with Crippen LogP contribution in [0.1, 0.15) is 81.9 Å². The maximum Gasteiger partial charge on any atom is 0.0737 e. The number of H-pyrrole nitrogens is 4. The Hall–Kier alpha value is -11.5. The molecule has 0 saturated heterocycles. The number of hydrogen-bond acceptors (Lipinski definition) is 4. The summed E-state index contributed by atoms with van der Waals surface area (Å²) in [5.74, 6) is 0.513. The molecule has 1 saturated carbocycles. The fourth-order valence-electron chi connectivity index (χ4n) is 14.4. The molecule has 16 bridgehead atoms. The number of nitrogens with one attached hydrogen (secondary N) is 4. The fourth-order valence-corrected chi connectivity index (χ4v) is 14.4. The molecule has 0 radical (unpaired) electrons. The molecule has 2 atom stereocenters. The van der Waals surface area contributed by atoms with Crippen molar-refractivity contribution in [1.29, 1.82) is 0 Å². The molecular formula is C82H60N8. The van der Waals surface area contributed by atoms with Gasteiger partial charge in [-0.2, -0.15) is 0 Å². The molecule has 6 aromatic carbocycles. The average Bonchev–Trinajstić information content (AvgIpc) is 1.74. The van der Waals surface area contributed by atoms with Gasteiger partial charge < -0.3 is 19.9 Å². The summed E-state index contributed by atoms with van der Waals surface area (Å²) in [6.45, 7) is 0. The summed E-state index contributed by atoms with van der Waals surface area (Å²) in [7, 11) is 0. The van der Waals surface area contributed by atoms with Gasteiger partial charge in [0.15, 0.2) is 0 Å². The van der Waals surface area contributed by atoms with E-state index in [-0.39, 0.29) is 5.92 Å². The van der Waals surface area contributed by atoms with Crippen LogP contribution >= 0.6 is 0 Å². The van der Waals surface area contributed by atoms with E-state index in [1.807, 2.05) is 0 Å². The minimum atomic E-state index is 0.190. The molecule has 5 aliphatic rings. The van der Waals surface area contributed by atoms with Crippen molar-refractivity contribution in [1.82, 2.24) is 39.9 Å². The fraction of sp³-hybridized carbons (Fsp3) is 0.0732. The Labute approximate surface area is 521 Å². The Morgan fingerprint density at radius 3 is 0.856 bits per heavy atom. The van der Waals surface area contributed by atoms with E-state index in [0.29, 0.717) is 5.92 Å². The lowest BCUT2D eigenvalue weighted by atomic mass is 9.92. The highest BCUT2D eigenvalue weighted by atomic mass is 14.8. The first-order chi connectivity index (χ1) is 44.6. The lowest BCUT2D eigenvalue weighted by molar-refractivity contribution is 0.537. The van der Waals surface area contributed by atoms with Gasteiger partial charge in [-0.05, 0) is 168 Å². The molecule has 6 aromatic heterocycles. The molecule has 12 aromatic rings. The summed E-state index contributed by atoms with van der Waals surface area (Å²) in [5, 5.41) is 0. The second kappa shape index (κ2) is 22.3. The monoisotopic (exact) mass is 1160 g/mol. The predicted octanol–water partition coefficient (Wildman–Crippen LogP) is 20.8. The molecule has 4 aliphatic heterocycles. The van der Waals surface area contributed by atoms with Crippen LogP contribution in [-0.4, -0.2) is 39.9 Å². The topological polar surface area (TPSA) is 115 Å². The lowest BCUT2D eigenvalue weighted by Gasteiger charge is -2.14. The summed E-state index contributed by atoms with van der Waals surface area (Å²) in [6, 6.07) is 81.7. The van der Waals surface area contributed by atoms with Gasteiger partial charge >= 0.3 is 0 Å². The first-order valence-corrected chi connectivity index (χ1v) is 31.2. The van der Waals surface area contributed by atoms with Crippen LogP contribution in [0.5, 0.6) is 0 Å². The van der Waals surface area contributed by atoms with Gasteiger partial charge in [-0.3, -0.25) is 0 Å². The number of aromatic nitrogens is 8. The third-order valence-corrected chi connectivity index (χ3v) is 18.5. The highest BCUT2D eigenvalue weighted by molar-refractivity contribution is 6.00. The third kappa shape index (κ3) is 9.57. The van der Waals surface area contributed by atoms with Gasteiger partial charge in [0.1, 0.15) is 0 Å². The van der Waals surface area contributed by atoms with Crippen molar-refractivity contribution in [3.05, 3.63) is 287 Å². The number of fused-ring (bicyclic) bond motifs is 16. The van der Waals surface area contributed by atoms with E-state index in [0.717, 1.165) is 182 Å². The molecule has 1 aliphatic carbocycles. The van der Waals surface area contributed by atoms with Crippen molar-refractivity contribution < 1.29 is 0 Å². The van der Waals surface area contributed by atoms with Crippen molar-refractivity contribution in [2.24, 2.45) is 5.92 Å². The Morgan fingerprint density at radius 1 is 0.256 bits per heavy atom. The van der Waals surface area contributed by atoms with Crippen LogP contribution < -0.4 is 0 Å². The summed E-state index contributed by atoms with van der Waals surface area (Å²) in [4.78, 5) is 38.4. The van der Waals surface area contributed by atoms with Gasteiger partial charge in [0.05, 0.1) is 45.6 Å². The molecule has 8 nitrogen and oxygen atoms in total. The maximum atomic E-state index is 5.72. The van der Waals surface area contributed by atoms with Crippen molar-refractivity contribution in [2.75, 3.05) is 0 Å². The van der Waals surface area contributed by atoms with Crippen LogP contribution in [0.2, 0.25) is 0 Å². The van der Waals surface area contributed by atoms with Crippen LogP contribution in [0.15, 0.2) is 231 Å². The van der Waals surface area contributed by atoms with Crippen LogP contribution in [0.4, 0.5) is 0 Å². The van der Waals surface area contributed by atoms with Crippen LogP contribution in [0.25, 0.3) is 160 Å². The Morgan fingerprint density at radius 2 is 0.511 bits per heavy atom. The van der Waals surface area contributed by atoms with Gasteiger partial charge in [0.25, 0.3) is 0 Å². The predicted molar refractivity (Wildman–Crippen MR) is 374 cm³/mol. The normalized spacial score (nSPS) is 14.8. The molecule has 10 heterocycles. The molecule has 2 unspecified atom stereocenters. The van der Waals surface area contributed by atoms with Gasteiger partial charge in [0, 0.05) is 88.6 Å². The minimum Gasteiger partial charge on any atom is -0.355 e. The van der Waals surface area contributed by atoms with Crippen LogP contribution in [-0.2, 0) is 6.42 Å². The molecule has 90 heavy (non-hydrogen) atoms. The summed E-state index contributed by atoms with van der Waals surface area (Å²) in [5.41, 5.74) is 30.6. The molecule has 0 amide bonds. The first-order valence-electron chi connectivity index (χ1n) is 31.2. The van der Waals surface area contributed by atoms with Gasteiger partial charge in [-0.15, -0.1) is 0 Å². The van der Waals surface area contributed by atoms with Crippen molar-refractivity contribution in [2.45, 2.75) is 31.6 Å². The van der Waals surface area contributed by atoms with E-state index in [1.54, 1.807) is 0 Å². The largest absolute Gasteiger partial charge is 0.355 e. The molecule has 17 rings (SSSR count). The third-order valence-electron chi connectivity index (χ3n) is 18.5. The van der Waals surface area contributed by atoms with Crippen LogP contribution in [0.3, 0.4) is 0 Å². The van der Waals surface area contributed by atoms with Crippen molar-refractivity contribution >= 4 is 92.7 Å². The molecule has 1 fully saturated rings. The lowest BCUT2D eigenvalue weighted by Crippen LogP contribution is -2.04. The van der Waals surface area contributed by atoms with E-state index in [1.165, 1.54) is 11.1 Å². The zero-order valence-electron chi connectivity index (χ0n) is 49.3. The molecular weight excluding hydrogens is 1100 g/mol. The molecule has 4 N–H and O–H groups in total. The SMILES string of the molecule is C1=Cc2nc1c(CC1CCC(c3c4nc(c(-c5ccccc5)c5ccc([nH]5)c(-c5ccccc5)c5nc(c(-c6ccccc6)c6ccc3[nH]6)C=C5)C=C4)C1)c1ccc([nH]1)c(-c1ccccc1)c1nc(c(-c3ccccc3)c3ccc([nH]3)c2-c2ccccc2)C=C1. The Balaban J connectivity index is 0.861. The Kier molecular flexibility index (Phi) is 13.1. The first kappa shape index (κ1) is 52.8. The van der Waals surface area contributed by atoms with E-state index in [2.05, 4.69) is 299 Å². The molecule has 8 heteroatoms. The number of aromatic amines is 4. The Bertz CT molecular complexity index is 5200. The smallest absolute Gasteiger partial charge is 0.0737 e. The van der Waals surface area contributed by atoms with Crippen LogP contribution in [0, 0.1) is 5.92 Å². The maximum absolute atomic E-state index is 5.72. The highest BCUT2D eigenvalue weighted by Gasteiger charge is 2.31. The summed E-state index contributed by atoms with van der Waals surface area (Å²) < 4.78 is 0. The average molecular weight is 1160 g/mol.